The summed E-state index contributed by atoms with van der Waals surface area (Å²) in [5, 5.41) is 11.7. The van der Waals surface area contributed by atoms with Gasteiger partial charge in [0, 0.05) is 36.1 Å². The van der Waals surface area contributed by atoms with Crippen LogP contribution in [0.2, 0.25) is 0 Å². The van der Waals surface area contributed by atoms with E-state index in [1.54, 1.807) is 24.3 Å². The smallest absolute Gasteiger partial charge is 0.307 e. The van der Waals surface area contributed by atoms with Crippen molar-refractivity contribution in [2.45, 2.75) is 33.1 Å². The molecule has 1 aliphatic heterocycles. The third-order valence-electron chi connectivity index (χ3n) is 4.70. The molecular formula is C20H24N4O3. The van der Waals surface area contributed by atoms with Crippen molar-refractivity contribution in [1.82, 2.24) is 9.97 Å². The van der Waals surface area contributed by atoms with Crippen molar-refractivity contribution in [1.29, 1.82) is 0 Å². The van der Waals surface area contributed by atoms with Gasteiger partial charge in [0.1, 0.15) is 0 Å². The maximum Gasteiger partial charge on any atom is 0.307 e. The molecule has 0 saturated carbocycles. The first kappa shape index (κ1) is 18.8. The SMILES string of the molecule is Cc1cc(C)nc(N2CCC(C(=O)Nc3ccc(CC(=O)O)cc3)CC2)n1. The van der Waals surface area contributed by atoms with E-state index in [0.717, 1.165) is 43.3 Å². The quantitative estimate of drug-likeness (QED) is 0.842. The standard InChI is InChI=1S/C20H24N4O3/c1-13-11-14(2)22-20(21-13)24-9-7-16(8-10-24)19(27)23-17-5-3-15(4-6-17)12-18(25)26/h3-6,11,16H,7-10,12H2,1-2H3,(H,23,27)(H,25,26). The lowest BCUT2D eigenvalue weighted by Crippen LogP contribution is -2.39. The number of carbonyl (C=O) groups excluding carboxylic acids is 1. The van der Waals surface area contributed by atoms with Crippen molar-refractivity contribution < 1.29 is 14.7 Å². The monoisotopic (exact) mass is 368 g/mol. The van der Waals surface area contributed by atoms with Gasteiger partial charge in [0.25, 0.3) is 0 Å². The van der Waals surface area contributed by atoms with Gasteiger partial charge in [0.15, 0.2) is 0 Å². The molecule has 1 aromatic heterocycles. The lowest BCUT2D eigenvalue weighted by molar-refractivity contribution is -0.136. The molecule has 2 heterocycles. The fraction of sp³-hybridized carbons (Fsp3) is 0.400. The molecule has 1 amide bonds. The van der Waals surface area contributed by atoms with E-state index in [4.69, 9.17) is 5.11 Å². The lowest BCUT2D eigenvalue weighted by atomic mass is 9.96. The summed E-state index contributed by atoms with van der Waals surface area (Å²) in [4.78, 5) is 34.4. The van der Waals surface area contributed by atoms with Crippen LogP contribution in [0.15, 0.2) is 30.3 Å². The highest BCUT2D eigenvalue weighted by Crippen LogP contribution is 2.23. The van der Waals surface area contributed by atoms with E-state index < -0.39 is 5.97 Å². The largest absolute Gasteiger partial charge is 0.481 e. The molecule has 27 heavy (non-hydrogen) atoms. The number of carboxylic acids is 1. The van der Waals surface area contributed by atoms with Crippen LogP contribution in [0.4, 0.5) is 11.6 Å². The summed E-state index contributed by atoms with van der Waals surface area (Å²) in [6, 6.07) is 8.89. The minimum Gasteiger partial charge on any atom is -0.481 e. The molecular weight excluding hydrogens is 344 g/mol. The highest BCUT2D eigenvalue weighted by molar-refractivity contribution is 5.92. The number of piperidine rings is 1. The number of aryl methyl sites for hydroxylation is 2. The number of aromatic nitrogens is 2. The fourth-order valence-corrected chi connectivity index (χ4v) is 3.32. The van der Waals surface area contributed by atoms with Crippen LogP contribution >= 0.6 is 0 Å². The van der Waals surface area contributed by atoms with Gasteiger partial charge >= 0.3 is 5.97 Å². The molecule has 2 N–H and O–H groups in total. The number of nitrogens with one attached hydrogen (secondary N) is 1. The van der Waals surface area contributed by atoms with E-state index in [2.05, 4.69) is 20.2 Å². The molecule has 1 fully saturated rings. The summed E-state index contributed by atoms with van der Waals surface area (Å²) in [5.41, 5.74) is 3.30. The van der Waals surface area contributed by atoms with Crippen LogP contribution in [0, 0.1) is 19.8 Å². The Morgan fingerprint density at radius 1 is 1.11 bits per heavy atom. The minimum absolute atomic E-state index is 0.00183. The van der Waals surface area contributed by atoms with Gasteiger partial charge in [-0.3, -0.25) is 9.59 Å². The minimum atomic E-state index is -0.869. The van der Waals surface area contributed by atoms with Crippen LogP contribution in [0.5, 0.6) is 0 Å². The lowest BCUT2D eigenvalue weighted by Gasteiger charge is -2.31. The van der Waals surface area contributed by atoms with Gasteiger partial charge in [-0.25, -0.2) is 9.97 Å². The molecule has 1 aliphatic rings. The zero-order valence-corrected chi connectivity index (χ0v) is 15.6. The summed E-state index contributed by atoms with van der Waals surface area (Å²) in [6.07, 6.45) is 1.48. The first-order chi connectivity index (χ1) is 12.9. The van der Waals surface area contributed by atoms with Gasteiger partial charge in [-0.1, -0.05) is 12.1 Å². The number of hydrogen-bond acceptors (Lipinski definition) is 5. The summed E-state index contributed by atoms with van der Waals surface area (Å²) >= 11 is 0. The normalized spacial score (nSPS) is 14.8. The highest BCUT2D eigenvalue weighted by Gasteiger charge is 2.26. The zero-order chi connectivity index (χ0) is 19.4. The molecule has 0 spiro atoms. The summed E-state index contributed by atoms with van der Waals surface area (Å²) in [6.45, 7) is 5.41. The number of carboxylic acid groups (broad SMARTS) is 1. The second-order valence-electron chi connectivity index (χ2n) is 6.97. The van der Waals surface area contributed by atoms with Gasteiger partial charge in [0.05, 0.1) is 6.42 Å². The van der Waals surface area contributed by atoms with E-state index in [-0.39, 0.29) is 18.2 Å². The molecule has 7 heteroatoms. The van der Waals surface area contributed by atoms with Crippen LogP contribution in [0.3, 0.4) is 0 Å². The zero-order valence-electron chi connectivity index (χ0n) is 15.6. The molecule has 1 saturated heterocycles. The second kappa shape index (κ2) is 8.16. The molecule has 0 atom stereocenters. The predicted molar refractivity (Wildman–Crippen MR) is 103 cm³/mol. The summed E-state index contributed by atoms with van der Waals surface area (Å²) < 4.78 is 0. The Balaban J connectivity index is 1.54. The number of carbonyl (C=O) groups is 2. The van der Waals surface area contributed by atoms with Gasteiger partial charge in [0.2, 0.25) is 11.9 Å². The number of amides is 1. The van der Waals surface area contributed by atoms with E-state index in [1.807, 2.05) is 19.9 Å². The first-order valence-electron chi connectivity index (χ1n) is 9.09. The molecule has 7 nitrogen and oxygen atoms in total. The van der Waals surface area contributed by atoms with Crippen LogP contribution in [-0.4, -0.2) is 40.0 Å². The van der Waals surface area contributed by atoms with Crippen LogP contribution in [0.25, 0.3) is 0 Å². The van der Waals surface area contributed by atoms with Crippen LogP contribution < -0.4 is 10.2 Å². The number of anilines is 2. The topological polar surface area (TPSA) is 95.4 Å². The van der Waals surface area contributed by atoms with Crippen molar-refractivity contribution in [3.8, 4) is 0 Å². The number of nitrogens with zero attached hydrogens (tertiary/aromatic N) is 3. The van der Waals surface area contributed by atoms with Gasteiger partial charge in [-0.05, 0) is 50.5 Å². The number of hydrogen-bond donors (Lipinski definition) is 2. The fourth-order valence-electron chi connectivity index (χ4n) is 3.32. The Bertz CT molecular complexity index is 807. The predicted octanol–water partition coefficient (Wildman–Crippen LogP) is 2.58. The highest BCUT2D eigenvalue weighted by atomic mass is 16.4. The summed E-state index contributed by atoms with van der Waals surface area (Å²) in [7, 11) is 0. The number of benzene rings is 1. The molecule has 1 aromatic carbocycles. The van der Waals surface area contributed by atoms with Gasteiger partial charge in [-0.15, -0.1) is 0 Å². The maximum absolute atomic E-state index is 12.5. The molecule has 0 aliphatic carbocycles. The van der Waals surface area contributed by atoms with Crippen molar-refractivity contribution in [2.75, 3.05) is 23.3 Å². The number of aliphatic carboxylic acids is 1. The Morgan fingerprint density at radius 2 is 1.70 bits per heavy atom. The second-order valence-corrected chi connectivity index (χ2v) is 6.97. The third-order valence-corrected chi connectivity index (χ3v) is 4.70. The van der Waals surface area contributed by atoms with E-state index in [9.17, 15) is 9.59 Å². The molecule has 0 unspecified atom stereocenters. The maximum atomic E-state index is 12.5. The van der Waals surface area contributed by atoms with E-state index >= 15 is 0 Å². The van der Waals surface area contributed by atoms with Gasteiger partial charge in [-0.2, -0.15) is 0 Å². The van der Waals surface area contributed by atoms with Crippen molar-refractivity contribution in [3.05, 3.63) is 47.3 Å². The molecule has 3 rings (SSSR count). The Morgan fingerprint density at radius 3 is 2.26 bits per heavy atom. The van der Waals surface area contributed by atoms with E-state index in [0.29, 0.717) is 11.3 Å². The van der Waals surface area contributed by atoms with Crippen LogP contribution in [0.1, 0.15) is 29.8 Å². The Hall–Kier alpha value is -2.96. The van der Waals surface area contributed by atoms with E-state index in [1.165, 1.54) is 0 Å². The number of rotatable bonds is 5. The molecule has 2 aromatic rings. The average molecular weight is 368 g/mol. The molecule has 0 bridgehead atoms. The van der Waals surface area contributed by atoms with Crippen molar-refractivity contribution in [2.24, 2.45) is 5.92 Å². The summed E-state index contributed by atoms with van der Waals surface area (Å²) in [5.74, 6) is -0.181. The van der Waals surface area contributed by atoms with Crippen molar-refractivity contribution in [3.63, 3.8) is 0 Å². The Kier molecular flexibility index (Phi) is 5.69. The Labute approximate surface area is 158 Å². The first-order valence-corrected chi connectivity index (χ1v) is 9.09. The third kappa shape index (κ3) is 5.03. The molecule has 0 radical (unpaired) electrons. The molecule has 142 valence electrons. The van der Waals surface area contributed by atoms with Gasteiger partial charge < -0.3 is 15.3 Å². The average Bonchev–Trinajstić information content (AvgIpc) is 2.62. The van der Waals surface area contributed by atoms with Crippen LogP contribution in [-0.2, 0) is 16.0 Å². The van der Waals surface area contributed by atoms with Crippen molar-refractivity contribution >= 4 is 23.5 Å².